The summed E-state index contributed by atoms with van der Waals surface area (Å²) in [5, 5.41) is 7.19. The number of rotatable bonds is 4. The van der Waals surface area contributed by atoms with Crippen LogP contribution in [0.15, 0.2) is 29.3 Å². The van der Waals surface area contributed by atoms with Gasteiger partial charge in [-0.3, -0.25) is 4.99 Å². The summed E-state index contributed by atoms with van der Waals surface area (Å²) in [4.78, 5) is 6.80. The molecule has 0 radical (unpaired) electrons. The Kier molecular flexibility index (Phi) is 7.98. The Morgan fingerprint density at radius 2 is 1.89 bits per heavy atom. The molecule has 0 spiro atoms. The first-order valence-electron chi connectivity index (χ1n) is 9.86. The van der Waals surface area contributed by atoms with Crippen LogP contribution in [0.3, 0.4) is 0 Å². The maximum absolute atomic E-state index is 6.15. The van der Waals surface area contributed by atoms with Crippen LogP contribution in [-0.4, -0.2) is 62.9 Å². The summed E-state index contributed by atoms with van der Waals surface area (Å²) in [5.74, 6) is 1.79. The van der Waals surface area contributed by atoms with E-state index in [0.29, 0.717) is 0 Å². The van der Waals surface area contributed by atoms with Crippen molar-refractivity contribution in [1.82, 2.24) is 15.5 Å². The second-order valence-electron chi connectivity index (χ2n) is 8.46. The highest BCUT2D eigenvalue weighted by atomic mass is 127. The molecule has 7 heteroatoms. The summed E-state index contributed by atoms with van der Waals surface area (Å²) in [6, 6.07) is 8.44. The van der Waals surface area contributed by atoms with Crippen LogP contribution >= 0.6 is 24.0 Å². The highest BCUT2D eigenvalue weighted by Crippen LogP contribution is 2.39. The van der Waals surface area contributed by atoms with Crippen molar-refractivity contribution < 1.29 is 9.47 Å². The van der Waals surface area contributed by atoms with Gasteiger partial charge in [0, 0.05) is 44.3 Å². The van der Waals surface area contributed by atoms with E-state index in [1.165, 1.54) is 5.56 Å². The molecule has 1 fully saturated rings. The smallest absolute Gasteiger partial charge is 0.191 e. The number of guanidine groups is 1. The largest absolute Gasteiger partial charge is 0.487 e. The van der Waals surface area contributed by atoms with Crippen LogP contribution in [0.5, 0.6) is 5.75 Å². The molecule has 28 heavy (non-hydrogen) atoms. The van der Waals surface area contributed by atoms with Crippen LogP contribution in [0, 0.1) is 0 Å². The number of aliphatic imine (C=N–C) groups is 1. The van der Waals surface area contributed by atoms with Gasteiger partial charge in [0.2, 0.25) is 0 Å². The number of ether oxygens (including phenoxy) is 2. The van der Waals surface area contributed by atoms with Gasteiger partial charge in [0.25, 0.3) is 0 Å². The number of nitrogens with zero attached hydrogens (tertiary/aromatic N) is 2. The molecule has 6 nitrogen and oxygen atoms in total. The van der Waals surface area contributed by atoms with Gasteiger partial charge in [-0.1, -0.05) is 18.2 Å². The molecule has 1 saturated heterocycles. The SMILES string of the molecule is CN=C(NCC1(N(C)C)CCOCC1)NC1CC(C)(C)Oc2ccccc21.I. The van der Waals surface area contributed by atoms with Crippen molar-refractivity contribution in [3.63, 3.8) is 0 Å². The number of benzene rings is 1. The zero-order valence-corrected chi connectivity index (χ0v) is 20.1. The lowest BCUT2D eigenvalue weighted by molar-refractivity contribution is -0.00508. The number of para-hydroxylation sites is 1. The van der Waals surface area contributed by atoms with E-state index in [2.05, 4.69) is 60.6 Å². The minimum atomic E-state index is -0.212. The molecule has 1 aromatic rings. The molecule has 2 N–H and O–H groups in total. The summed E-state index contributed by atoms with van der Waals surface area (Å²) in [6.45, 7) is 6.74. The predicted octanol–water partition coefficient (Wildman–Crippen LogP) is 3.18. The predicted molar refractivity (Wildman–Crippen MR) is 125 cm³/mol. The lowest BCUT2D eigenvalue weighted by Crippen LogP contribution is -2.57. The quantitative estimate of drug-likeness (QED) is 0.377. The lowest BCUT2D eigenvalue weighted by atomic mass is 9.88. The normalized spacial score (nSPS) is 23.2. The third kappa shape index (κ3) is 5.30. The molecule has 0 saturated carbocycles. The standard InChI is InChI=1S/C21H34N4O2.HI/c1-20(2)14-17(16-8-6-7-9-18(16)27-20)24-19(22-3)23-15-21(25(4)5)10-12-26-13-11-21;/h6-9,17H,10-15H2,1-5H3,(H2,22,23,24);1H. The zero-order valence-electron chi connectivity index (χ0n) is 17.7. The van der Waals surface area contributed by atoms with Crippen molar-refractivity contribution in [2.45, 2.75) is 50.3 Å². The van der Waals surface area contributed by atoms with E-state index in [1.54, 1.807) is 0 Å². The molecule has 1 unspecified atom stereocenters. The molecule has 1 atom stereocenters. The van der Waals surface area contributed by atoms with Gasteiger partial charge in [0.05, 0.1) is 6.04 Å². The first-order chi connectivity index (χ1) is 12.9. The zero-order chi connectivity index (χ0) is 19.5. The van der Waals surface area contributed by atoms with Gasteiger partial charge in [-0.25, -0.2) is 0 Å². The summed E-state index contributed by atoms with van der Waals surface area (Å²) >= 11 is 0. The van der Waals surface area contributed by atoms with Gasteiger partial charge in [-0.2, -0.15) is 0 Å². The van der Waals surface area contributed by atoms with Crippen LogP contribution in [0.2, 0.25) is 0 Å². The highest BCUT2D eigenvalue weighted by molar-refractivity contribution is 14.0. The fraction of sp³-hybridized carbons (Fsp3) is 0.667. The second-order valence-corrected chi connectivity index (χ2v) is 8.46. The Bertz CT molecular complexity index is 672. The molecular weight excluding hydrogens is 467 g/mol. The van der Waals surface area contributed by atoms with Gasteiger partial charge in [0.15, 0.2) is 5.96 Å². The molecule has 2 heterocycles. The maximum atomic E-state index is 6.15. The molecule has 0 aromatic heterocycles. The minimum Gasteiger partial charge on any atom is -0.487 e. The van der Waals surface area contributed by atoms with Crippen LogP contribution in [-0.2, 0) is 4.74 Å². The number of fused-ring (bicyclic) bond motifs is 1. The monoisotopic (exact) mass is 502 g/mol. The van der Waals surface area contributed by atoms with Crippen molar-refractivity contribution in [1.29, 1.82) is 0 Å². The molecule has 0 aliphatic carbocycles. The Morgan fingerprint density at radius 1 is 1.21 bits per heavy atom. The Hall–Kier alpha value is -1.06. The fourth-order valence-corrected chi connectivity index (χ4v) is 4.07. The van der Waals surface area contributed by atoms with Crippen LogP contribution in [0.25, 0.3) is 0 Å². The summed E-state index contributed by atoms with van der Waals surface area (Å²) < 4.78 is 11.7. The van der Waals surface area contributed by atoms with Gasteiger partial charge in [0.1, 0.15) is 11.4 Å². The molecular formula is C21H35IN4O2. The Labute approximate surface area is 186 Å². The van der Waals surface area contributed by atoms with Crippen LogP contribution < -0.4 is 15.4 Å². The van der Waals surface area contributed by atoms with E-state index in [4.69, 9.17) is 9.47 Å². The summed E-state index contributed by atoms with van der Waals surface area (Å²) in [5.41, 5.74) is 1.08. The van der Waals surface area contributed by atoms with Crippen LogP contribution in [0.4, 0.5) is 0 Å². The Balaban J connectivity index is 0.00000280. The van der Waals surface area contributed by atoms with Gasteiger partial charge in [-0.05, 0) is 46.9 Å². The van der Waals surface area contributed by atoms with Crippen molar-refractivity contribution in [3.05, 3.63) is 29.8 Å². The molecule has 2 aliphatic rings. The van der Waals surface area contributed by atoms with E-state index in [-0.39, 0.29) is 41.2 Å². The third-order valence-electron chi connectivity index (χ3n) is 5.87. The summed E-state index contributed by atoms with van der Waals surface area (Å²) in [6.07, 6.45) is 2.94. The average Bonchev–Trinajstić information content (AvgIpc) is 2.64. The highest BCUT2D eigenvalue weighted by Gasteiger charge is 2.36. The first-order valence-corrected chi connectivity index (χ1v) is 9.86. The molecule has 0 amide bonds. The van der Waals surface area contributed by atoms with Gasteiger partial charge < -0.3 is 25.0 Å². The van der Waals surface area contributed by atoms with E-state index < -0.39 is 0 Å². The number of likely N-dealkylation sites (N-methyl/N-ethyl adjacent to an activating group) is 1. The lowest BCUT2D eigenvalue weighted by Gasteiger charge is -2.43. The van der Waals surface area contributed by atoms with Crippen LogP contribution in [0.1, 0.15) is 44.7 Å². The third-order valence-corrected chi connectivity index (χ3v) is 5.87. The molecule has 0 bridgehead atoms. The maximum Gasteiger partial charge on any atom is 0.191 e. The van der Waals surface area contributed by atoms with Crippen molar-refractivity contribution in [3.8, 4) is 5.75 Å². The van der Waals surface area contributed by atoms with Gasteiger partial charge in [-0.15, -0.1) is 24.0 Å². The van der Waals surface area contributed by atoms with Crippen molar-refractivity contribution in [2.24, 2.45) is 4.99 Å². The average molecular weight is 502 g/mol. The number of halogens is 1. The topological polar surface area (TPSA) is 58.1 Å². The second kappa shape index (κ2) is 9.63. The summed E-state index contributed by atoms with van der Waals surface area (Å²) in [7, 11) is 6.14. The van der Waals surface area contributed by atoms with Crippen molar-refractivity contribution in [2.75, 3.05) is 40.9 Å². The minimum absolute atomic E-state index is 0. The fourth-order valence-electron chi connectivity index (χ4n) is 4.07. The first kappa shape index (κ1) is 23.2. The Morgan fingerprint density at radius 3 is 2.54 bits per heavy atom. The van der Waals surface area contributed by atoms with E-state index in [9.17, 15) is 0 Å². The van der Waals surface area contributed by atoms with E-state index in [1.807, 2.05) is 19.2 Å². The van der Waals surface area contributed by atoms with Crippen molar-refractivity contribution >= 4 is 29.9 Å². The molecule has 158 valence electrons. The molecule has 3 rings (SSSR count). The van der Waals surface area contributed by atoms with Gasteiger partial charge >= 0.3 is 0 Å². The number of nitrogens with one attached hydrogen (secondary N) is 2. The number of hydrogen-bond acceptors (Lipinski definition) is 4. The number of hydrogen-bond donors (Lipinski definition) is 2. The molecule has 1 aromatic carbocycles. The van der Waals surface area contributed by atoms with E-state index in [0.717, 1.165) is 50.7 Å². The van der Waals surface area contributed by atoms with E-state index >= 15 is 0 Å². The molecule has 2 aliphatic heterocycles.